The molecule has 0 aliphatic rings. The second-order valence-corrected chi connectivity index (χ2v) is 2.42. The average molecular weight is 162 g/mol. The number of hydrogen-bond donors (Lipinski definition) is 2. The maximum Gasteiger partial charge on any atom is 0.116 e. The van der Waals surface area contributed by atoms with Crippen LogP contribution >= 0.6 is 0 Å². The van der Waals surface area contributed by atoms with Crippen molar-refractivity contribution in [2.24, 2.45) is 0 Å². The maximum atomic E-state index is 9.11. The third kappa shape index (κ3) is 1.48. The van der Waals surface area contributed by atoms with Crippen LogP contribution in [-0.2, 0) is 0 Å². The number of aliphatic hydroxyl groups excluding tert-OH is 1. The van der Waals surface area contributed by atoms with Gasteiger partial charge in [-0.2, -0.15) is 0 Å². The van der Waals surface area contributed by atoms with Gasteiger partial charge >= 0.3 is 0 Å². The van der Waals surface area contributed by atoms with Gasteiger partial charge < -0.3 is 10.2 Å². The maximum absolute atomic E-state index is 9.11. The molecule has 0 unspecified atom stereocenters. The van der Waals surface area contributed by atoms with E-state index < -0.39 is 0 Å². The first-order valence-electron chi connectivity index (χ1n) is 3.49. The highest BCUT2D eigenvalue weighted by Gasteiger charge is 2.02. The second kappa shape index (κ2) is 3.13. The molecule has 0 amide bonds. The standard InChI is InChI=1S/C10H10O2/c1-3-8-4-5-9(12)6-10(8)7(2)11/h3-6,11-12H,1-2H2. The molecular formula is C10H10O2. The van der Waals surface area contributed by atoms with Gasteiger partial charge in [0.15, 0.2) is 0 Å². The summed E-state index contributed by atoms with van der Waals surface area (Å²) in [6.45, 7) is 6.94. The van der Waals surface area contributed by atoms with Gasteiger partial charge in [0.1, 0.15) is 11.5 Å². The van der Waals surface area contributed by atoms with Crippen LogP contribution in [0.3, 0.4) is 0 Å². The van der Waals surface area contributed by atoms with E-state index in [2.05, 4.69) is 13.2 Å². The molecule has 0 aliphatic carbocycles. The summed E-state index contributed by atoms with van der Waals surface area (Å²) in [6.07, 6.45) is 1.59. The predicted octanol–water partition coefficient (Wildman–Crippen LogP) is 2.56. The smallest absolute Gasteiger partial charge is 0.116 e. The largest absolute Gasteiger partial charge is 0.508 e. The molecule has 2 nitrogen and oxygen atoms in total. The first kappa shape index (κ1) is 8.40. The first-order valence-corrected chi connectivity index (χ1v) is 3.49. The highest BCUT2D eigenvalue weighted by atomic mass is 16.3. The zero-order chi connectivity index (χ0) is 9.14. The van der Waals surface area contributed by atoms with E-state index in [1.54, 1.807) is 12.1 Å². The van der Waals surface area contributed by atoms with E-state index in [1.165, 1.54) is 12.1 Å². The number of aromatic hydroxyl groups is 1. The lowest BCUT2D eigenvalue weighted by molar-refractivity contribution is 0.473. The molecule has 0 spiro atoms. The molecule has 62 valence electrons. The number of aliphatic hydroxyl groups is 1. The van der Waals surface area contributed by atoms with Gasteiger partial charge in [-0.25, -0.2) is 0 Å². The van der Waals surface area contributed by atoms with Crippen molar-refractivity contribution in [1.82, 2.24) is 0 Å². The minimum absolute atomic E-state index is 0.0687. The number of phenols is 1. The summed E-state index contributed by atoms with van der Waals surface area (Å²) in [7, 11) is 0. The predicted molar refractivity (Wildman–Crippen MR) is 49.9 cm³/mol. The second-order valence-electron chi connectivity index (χ2n) is 2.42. The van der Waals surface area contributed by atoms with Crippen LogP contribution in [0.15, 0.2) is 31.4 Å². The molecule has 2 N–H and O–H groups in total. The first-order chi connectivity index (χ1) is 5.65. The normalized spacial score (nSPS) is 9.33. The van der Waals surface area contributed by atoms with Gasteiger partial charge in [0.25, 0.3) is 0 Å². The lowest BCUT2D eigenvalue weighted by Gasteiger charge is -2.03. The lowest BCUT2D eigenvalue weighted by atomic mass is 10.1. The van der Waals surface area contributed by atoms with Gasteiger partial charge in [-0.05, 0) is 17.7 Å². The zero-order valence-corrected chi connectivity index (χ0v) is 6.62. The third-order valence-corrected chi connectivity index (χ3v) is 1.57. The van der Waals surface area contributed by atoms with Crippen LogP contribution < -0.4 is 0 Å². The van der Waals surface area contributed by atoms with Crippen LogP contribution in [0.4, 0.5) is 0 Å². The Hall–Kier alpha value is -1.70. The van der Waals surface area contributed by atoms with Gasteiger partial charge in [-0.3, -0.25) is 0 Å². The summed E-state index contributed by atoms with van der Waals surface area (Å²) in [5, 5.41) is 18.2. The highest BCUT2D eigenvalue weighted by Crippen LogP contribution is 2.21. The Kier molecular flexibility index (Phi) is 2.19. The Bertz CT molecular complexity index is 327. The Balaban J connectivity index is 3.30. The highest BCUT2D eigenvalue weighted by molar-refractivity contribution is 5.69. The van der Waals surface area contributed by atoms with Crippen molar-refractivity contribution in [1.29, 1.82) is 0 Å². The fourth-order valence-electron chi connectivity index (χ4n) is 0.972. The molecule has 2 heteroatoms. The molecule has 0 saturated heterocycles. The number of phenolic OH excluding ortho intramolecular Hbond substituents is 1. The van der Waals surface area contributed by atoms with Crippen molar-refractivity contribution in [2.75, 3.05) is 0 Å². The summed E-state index contributed by atoms with van der Waals surface area (Å²) < 4.78 is 0. The van der Waals surface area contributed by atoms with Crippen molar-refractivity contribution in [3.63, 3.8) is 0 Å². The molecule has 0 atom stereocenters. The van der Waals surface area contributed by atoms with Crippen LogP contribution in [0.1, 0.15) is 11.1 Å². The van der Waals surface area contributed by atoms with Crippen LogP contribution in [0.2, 0.25) is 0 Å². The Morgan fingerprint density at radius 2 is 2.08 bits per heavy atom. The van der Waals surface area contributed by atoms with Crippen molar-refractivity contribution in [3.8, 4) is 5.75 Å². The van der Waals surface area contributed by atoms with E-state index in [-0.39, 0.29) is 11.5 Å². The summed E-state index contributed by atoms with van der Waals surface area (Å²) >= 11 is 0. The van der Waals surface area contributed by atoms with Gasteiger partial charge in [0.2, 0.25) is 0 Å². The molecule has 0 bridgehead atoms. The van der Waals surface area contributed by atoms with Gasteiger partial charge in [0, 0.05) is 5.56 Å². The van der Waals surface area contributed by atoms with Crippen molar-refractivity contribution in [2.45, 2.75) is 0 Å². The molecule has 1 aromatic rings. The number of rotatable bonds is 2. The molecule has 0 radical (unpaired) electrons. The molecule has 0 heterocycles. The summed E-state index contributed by atoms with van der Waals surface area (Å²) in [5.74, 6) is 0.0339. The third-order valence-electron chi connectivity index (χ3n) is 1.57. The topological polar surface area (TPSA) is 40.5 Å². The van der Waals surface area contributed by atoms with Gasteiger partial charge in [0.05, 0.1) is 0 Å². The molecule has 1 rings (SSSR count). The lowest BCUT2D eigenvalue weighted by Crippen LogP contribution is -1.85. The van der Waals surface area contributed by atoms with E-state index in [0.29, 0.717) is 5.56 Å². The Morgan fingerprint density at radius 1 is 1.42 bits per heavy atom. The fraction of sp³-hybridized carbons (Fsp3) is 0. The molecule has 0 aromatic heterocycles. The molecule has 0 saturated carbocycles. The quantitative estimate of drug-likeness (QED) is 0.656. The van der Waals surface area contributed by atoms with E-state index in [4.69, 9.17) is 10.2 Å². The van der Waals surface area contributed by atoms with Gasteiger partial charge in [-0.15, -0.1) is 0 Å². The van der Waals surface area contributed by atoms with Crippen LogP contribution in [0, 0.1) is 0 Å². The minimum atomic E-state index is -0.0687. The molecule has 0 fully saturated rings. The van der Waals surface area contributed by atoms with Crippen molar-refractivity contribution < 1.29 is 10.2 Å². The summed E-state index contributed by atoms with van der Waals surface area (Å²) in [6, 6.07) is 4.64. The van der Waals surface area contributed by atoms with Crippen molar-refractivity contribution >= 4 is 11.8 Å². The van der Waals surface area contributed by atoms with Crippen molar-refractivity contribution in [3.05, 3.63) is 42.5 Å². The van der Waals surface area contributed by atoms with E-state index in [1.807, 2.05) is 0 Å². The van der Waals surface area contributed by atoms with E-state index >= 15 is 0 Å². The van der Waals surface area contributed by atoms with Crippen LogP contribution in [0.5, 0.6) is 5.75 Å². The summed E-state index contributed by atoms with van der Waals surface area (Å²) in [5.41, 5.74) is 1.25. The number of hydrogen-bond acceptors (Lipinski definition) is 2. The summed E-state index contributed by atoms with van der Waals surface area (Å²) in [4.78, 5) is 0. The molecule has 0 aliphatic heterocycles. The molecule has 1 aromatic carbocycles. The van der Waals surface area contributed by atoms with Crippen LogP contribution in [0.25, 0.3) is 11.8 Å². The zero-order valence-electron chi connectivity index (χ0n) is 6.62. The fourth-order valence-corrected chi connectivity index (χ4v) is 0.972. The Labute approximate surface area is 71.1 Å². The molecule has 12 heavy (non-hydrogen) atoms. The Morgan fingerprint density at radius 3 is 2.58 bits per heavy atom. The van der Waals surface area contributed by atoms with E-state index in [0.717, 1.165) is 5.56 Å². The van der Waals surface area contributed by atoms with Gasteiger partial charge in [-0.1, -0.05) is 25.3 Å². The SMILES string of the molecule is C=Cc1ccc(O)cc1C(=C)O. The average Bonchev–Trinajstić information content (AvgIpc) is 2.04. The minimum Gasteiger partial charge on any atom is -0.508 e. The molecular weight excluding hydrogens is 152 g/mol. The number of benzene rings is 1. The van der Waals surface area contributed by atoms with Crippen LogP contribution in [-0.4, -0.2) is 10.2 Å². The van der Waals surface area contributed by atoms with E-state index in [9.17, 15) is 0 Å². The monoisotopic (exact) mass is 162 g/mol.